The van der Waals surface area contributed by atoms with Gasteiger partial charge in [-0.3, -0.25) is 0 Å². The van der Waals surface area contributed by atoms with E-state index in [2.05, 4.69) is 32.5 Å². The van der Waals surface area contributed by atoms with Crippen molar-refractivity contribution in [3.05, 3.63) is 0 Å². The average Bonchev–Trinajstić information content (AvgIpc) is 2.16. The standard InChI is InChI=1S/C10H18S/c1-7-4-5-8-6-9(7)11-10(8,2)3/h7-9H,4-6H2,1-3H3/t7-,8-,9+/m0/s1. The molecule has 2 fully saturated rings. The third kappa shape index (κ3) is 1.22. The Morgan fingerprint density at radius 1 is 1.27 bits per heavy atom. The van der Waals surface area contributed by atoms with Crippen LogP contribution in [-0.2, 0) is 0 Å². The van der Waals surface area contributed by atoms with Crippen molar-refractivity contribution in [3.8, 4) is 0 Å². The maximum Gasteiger partial charge on any atom is 0.0135 e. The van der Waals surface area contributed by atoms with E-state index in [0.717, 1.165) is 17.1 Å². The third-order valence-electron chi connectivity index (χ3n) is 3.56. The van der Waals surface area contributed by atoms with Gasteiger partial charge < -0.3 is 0 Å². The molecule has 3 atom stereocenters. The maximum atomic E-state index is 2.43. The lowest BCUT2D eigenvalue weighted by Gasteiger charge is -2.26. The molecule has 0 aromatic rings. The zero-order valence-corrected chi connectivity index (χ0v) is 8.58. The van der Waals surface area contributed by atoms with Crippen molar-refractivity contribution in [1.82, 2.24) is 0 Å². The number of hydrogen-bond acceptors (Lipinski definition) is 1. The molecule has 1 saturated carbocycles. The fourth-order valence-electron chi connectivity index (χ4n) is 2.56. The van der Waals surface area contributed by atoms with Crippen LogP contribution < -0.4 is 0 Å². The van der Waals surface area contributed by atoms with Crippen LogP contribution in [0.3, 0.4) is 0 Å². The molecule has 2 bridgehead atoms. The molecule has 0 unspecified atom stereocenters. The lowest BCUT2D eigenvalue weighted by Crippen LogP contribution is -2.23. The topological polar surface area (TPSA) is 0 Å². The SMILES string of the molecule is C[C@H]1CC[C@H]2C[C@H]1SC2(C)C. The van der Waals surface area contributed by atoms with Crippen LogP contribution in [0.2, 0.25) is 0 Å². The second kappa shape index (κ2) is 2.42. The Kier molecular flexibility index (Phi) is 1.75. The second-order valence-electron chi connectivity index (χ2n) is 4.75. The summed E-state index contributed by atoms with van der Waals surface area (Å²) in [5.74, 6) is 2.01. The Morgan fingerprint density at radius 3 is 2.64 bits per heavy atom. The Bertz CT molecular complexity index is 162. The molecular formula is C10H18S. The molecule has 11 heavy (non-hydrogen) atoms. The van der Waals surface area contributed by atoms with E-state index in [1.54, 1.807) is 0 Å². The molecule has 1 heterocycles. The largest absolute Gasteiger partial charge is 0.152 e. The highest BCUT2D eigenvalue weighted by Gasteiger charge is 2.45. The third-order valence-corrected chi connectivity index (χ3v) is 5.46. The predicted octanol–water partition coefficient (Wildman–Crippen LogP) is 3.32. The molecule has 0 N–H and O–H groups in total. The van der Waals surface area contributed by atoms with Gasteiger partial charge >= 0.3 is 0 Å². The molecule has 1 saturated heterocycles. The Labute approximate surface area is 74.1 Å². The van der Waals surface area contributed by atoms with Crippen LogP contribution in [0.15, 0.2) is 0 Å². The zero-order chi connectivity index (χ0) is 8.06. The van der Waals surface area contributed by atoms with Crippen LogP contribution in [0.1, 0.15) is 40.0 Å². The zero-order valence-electron chi connectivity index (χ0n) is 7.76. The van der Waals surface area contributed by atoms with E-state index in [0.29, 0.717) is 4.75 Å². The van der Waals surface area contributed by atoms with E-state index in [4.69, 9.17) is 0 Å². The van der Waals surface area contributed by atoms with E-state index in [1.807, 2.05) is 0 Å². The van der Waals surface area contributed by atoms with Gasteiger partial charge in [0.1, 0.15) is 0 Å². The fraction of sp³-hybridized carbons (Fsp3) is 1.00. The minimum Gasteiger partial charge on any atom is -0.152 e. The summed E-state index contributed by atoms with van der Waals surface area (Å²) in [5, 5.41) is 0.990. The predicted molar refractivity (Wildman–Crippen MR) is 52.0 cm³/mol. The molecule has 2 rings (SSSR count). The van der Waals surface area contributed by atoms with Gasteiger partial charge in [0.05, 0.1) is 0 Å². The first kappa shape index (κ1) is 7.97. The summed E-state index contributed by atoms with van der Waals surface area (Å²) in [6.07, 6.45) is 4.46. The molecule has 1 aliphatic heterocycles. The van der Waals surface area contributed by atoms with Gasteiger partial charge in [-0.2, -0.15) is 11.8 Å². The van der Waals surface area contributed by atoms with Crippen LogP contribution in [0.5, 0.6) is 0 Å². The van der Waals surface area contributed by atoms with E-state index < -0.39 is 0 Å². The molecule has 2 aliphatic rings. The van der Waals surface area contributed by atoms with Crippen molar-refractivity contribution in [2.24, 2.45) is 11.8 Å². The molecule has 64 valence electrons. The van der Waals surface area contributed by atoms with Gasteiger partial charge in [-0.15, -0.1) is 0 Å². The Hall–Kier alpha value is 0.350. The summed E-state index contributed by atoms with van der Waals surface area (Å²) < 4.78 is 0.593. The quantitative estimate of drug-likeness (QED) is 0.537. The highest BCUT2D eigenvalue weighted by Crippen LogP contribution is 2.55. The normalized spacial score (nSPS) is 47.7. The van der Waals surface area contributed by atoms with E-state index in [9.17, 15) is 0 Å². The van der Waals surface area contributed by atoms with E-state index in [1.165, 1.54) is 19.3 Å². The van der Waals surface area contributed by atoms with E-state index >= 15 is 0 Å². The number of rotatable bonds is 0. The molecule has 0 nitrogen and oxygen atoms in total. The van der Waals surface area contributed by atoms with E-state index in [-0.39, 0.29) is 0 Å². The first-order chi connectivity index (χ1) is 5.09. The summed E-state index contributed by atoms with van der Waals surface area (Å²) >= 11 is 2.25. The molecule has 0 spiro atoms. The number of thioether (sulfide) groups is 1. The molecule has 0 radical (unpaired) electrons. The van der Waals surface area contributed by atoms with Gasteiger partial charge in [0.25, 0.3) is 0 Å². The van der Waals surface area contributed by atoms with Crippen LogP contribution in [0, 0.1) is 11.8 Å². The lowest BCUT2D eigenvalue weighted by atomic mass is 9.78. The molecule has 0 aromatic carbocycles. The molecule has 1 heteroatoms. The van der Waals surface area contributed by atoms with Crippen molar-refractivity contribution < 1.29 is 0 Å². The lowest BCUT2D eigenvalue weighted by molar-refractivity contribution is 0.290. The van der Waals surface area contributed by atoms with Crippen LogP contribution in [0.4, 0.5) is 0 Å². The highest BCUT2D eigenvalue weighted by molar-refractivity contribution is 8.01. The minimum absolute atomic E-state index is 0.593. The smallest absolute Gasteiger partial charge is 0.0135 e. The van der Waals surface area contributed by atoms with Gasteiger partial charge in [0.15, 0.2) is 0 Å². The minimum atomic E-state index is 0.593. The monoisotopic (exact) mass is 170 g/mol. The molecule has 0 aromatic heterocycles. The van der Waals surface area contributed by atoms with Gasteiger partial charge in [0, 0.05) is 10.00 Å². The number of hydrogen-bond donors (Lipinski definition) is 0. The second-order valence-corrected chi connectivity index (χ2v) is 6.64. The van der Waals surface area contributed by atoms with Crippen LogP contribution in [-0.4, -0.2) is 10.00 Å². The van der Waals surface area contributed by atoms with Gasteiger partial charge in [0.2, 0.25) is 0 Å². The summed E-state index contributed by atoms with van der Waals surface area (Å²) in [6, 6.07) is 0. The first-order valence-electron chi connectivity index (χ1n) is 4.77. The van der Waals surface area contributed by atoms with Crippen molar-refractivity contribution in [1.29, 1.82) is 0 Å². The Balaban J connectivity index is 2.16. The summed E-state index contributed by atoms with van der Waals surface area (Å²) in [5.41, 5.74) is 0. The summed E-state index contributed by atoms with van der Waals surface area (Å²) in [7, 11) is 0. The van der Waals surface area contributed by atoms with Gasteiger partial charge in [-0.05, 0) is 31.1 Å². The Morgan fingerprint density at radius 2 is 2.00 bits per heavy atom. The van der Waals surface area contributed by atoms with Crippen molar-refractivity contribution >= 4 is 11.8 Å². The van der Waals surface area contributed by atoms with Crippen molar-refractivity contribution in [3.63, 3.8) is 0 Å². The summed E-state index contributed by atoms with van der Waals surface area (Å²) in [6.45, 7) is 7.29. The van der Waals surface area contributed by atoms with Gasteiger partial charge in [-0.1, -0.05) is 20.8 Å². The highest BCUT2D eigenvalue weighted by atomic mass is 32.2. The first-order valence-corrected chi connectivity index (χ1v) is 5.65. The molecule has 1 aliphatic carbocycles. The van der Waals surface area contributed by atoms with Crippen LogP contribution >= 0.6 is 11.8 Å². The van der Waals surface area contributed by atoms with Crippen molar-refractivity contribution in [2.75, 3.05) is 0 Å². The maximum absolute atomic E-state index is 2.43. The fourth-order valence-corrected chi connectivity index (χ4v) is 4.45. The number of fused-ring (bicyclic) bond motifs is 2. The van der Waals surface area contributed by atoms with Crippen molar-refractivity contribution in [2.45, 2.75) is 50.0 Å². The average molecular weight is 170 g/mol. The summed E-state index contributed by atoms with van der Waals surface area (Å²) in [4.78, 5) is 0. The molecule has 0 amide bonds. The molecular weight excluding hydrogens is 152 g/mol. The van der Waals surface area contributed by atoms with Crippen LogP contribution in [0.25, 0.3) is 0 Å². The van der Waals surface area contributed by atoms with Gasteiger partial charge in [-0.25, -0.2) is 0 Å².